The first-order chi connectivity index (χ1) is 13.8. The summed E-state index contributed by atoms with van der Waals surface area (Å²) in [4.78, 5) is 48.6. The largest absolute Gasteiger partial charge is 0.478 e. The Hall–Kier alpha value is -3.68. The summed E-state index contributed by atoms with van der Waals surface area (Å²) in [5.74, 6) is -2.47. The molecule has 0 aromatic heterocycles. The van der Waals surface area contributed by atoms with Crippen molar-refractivity contribution in [2.24, 2.45) is 0 Å². The van der Waals surface area contributed by atoms with E-state index in [-0.39, 0.29) is 22.6 Å². The van der Waals surface area contributed by atoms with E-state index >= 15 is 0 Å². The Labute approximate surface area is 166 Å². The Morgan fingerprint density at radius 3 is 2.34 bits per heavy atom. The second-order valence-electron chi connectivity index (χ2n) is 6.55. The summed E-state index contributed by atoms with van der Waals surface area (Å²) >= 11 is 0. The van der Waals surface area contributed by atoms with Gasteiger partial charge in [-0.05, 0) is 48.7 Å². The van der Waals surface area contributed by atoms with Gasteiger partial charge < -0.3 is 19.5 Å². The maximum atomic E-state index is 13.2. The molecule has 1 aliphatic heterocycles. The summed E-state index contributed by atoms with van der Waals surface area (Å²) in [7, 11) is 0. The van der Waals surface area contributed by atoms with Crippen LogP contribution in [0.2, 0.25) is 0 Å². The van der Waals surface area contributed by atoms with Gasteiger partial charge in [0.1, 0.15) is 11.5 Å². The molecule has 0 saturated carbocycles. The molecule has 0 atom stereocenters. The summed E-state index contributed by atoms with van der Waals surface area (Å²) < 4.78 is 10.2. The molecule has 0 aliphatic carbocycles. The summed E-state index contributed by atoms with van der Waals surface area (Å²) in [5.41, 5.74) is 1.66. The number of esters is 2. The highest BCUT2D eigenvalue weighted by atomic mass is 16.5. The molecule has 0 fully saturated rings. The molecule has 8 nitrogen and oxygen atoms in total. The fourth-order valence-electron chi connectivity index (χ4n) is 3.23. The molecule has 1 heterocycles. The Morgan fingerprint density at radius 1 is 0.966 bits per heavy atom. The topological polar surface area (TPSA) is 110 Å². The molecule has 1 amide bonds. The summed E-state index contributed by atoms with van der Waals surface area (Å²) in [6, 6.07) is 8.80. The van der Waals surface area contributed by atoms with Crippen LogP contribution < -0.4 is 14.4 Å². The van der Waals surface area contributed by atoms with E-state index in [2.05, 4.69) is 0 Å². The van der Waals surface area contributed by atoms with E-state index in [0.717, 1.165) is 5.56 Å². The Kier molecular flexibility index (Phi) is 5.63. The third-order valence-electron chi connectivity index (χ3n) is 4.39. The number of carboxylic acid groups (broad SMARTS) is 1. The van der Waals surface area contributed by atoms with Gasteiger partial charge in [0.2, 0.25) is 0 Å². The zero-order valence-electron chi connectivity index (χ0n) is 15.9. The van der Waals surface area contributed by atoms with Crippen LogP contribution in [0.3, 0.4) is 0 Å². The zero-order chi connectivity index (χ0) is 21.1. The lowest BCUT2D eigenvalue weighted by molar-refractivity contribution is -0.132. The molecule has 3 rings (SSSR count). The predicted molar refractivity (Wildman–Crippen MR) is 102 cm³/mol. The van der Waals surface area contributed by atoms with Crippen LogP contribution in [-0.2, 0) is 16.0 Å². The monoisotopic (exact) mass is 397 g/mol. The van der Waals surface area contributed by atoms with E-state index in [1.54, 1.807) is 12.1 Å². The van der Waals surface area contributed by atoms with Crippen molar-refractivity contribution in [3.05, 3.63) is 53.1 Å². The smallest absolute Gasteiger partial charge is 0.335 e. The number of amides is 1. The molecule has 1 N–H and O–H groups in total. The number of benzene rings is 2. The minimum Gasteiger partial charge on any atom is -0.478 e. The number of nitrogens with zero attached hydrogens (tertiary/aromatic N) is 1. The molecule has 0 bridgehead atoms. The molecular weight excluding hydrogens is 378 g/mol. The molecular formula is C21H19NO7. The van der Waals surface area contributed by atoms with Crippen molar-refractivity contribution in [3.8, 4) is 11.5 Å². The Balaban J connectivity index is 1.99. The van der Waals surface area contributed by atoms with E-state index in [1.165, 1.54) is 43.0 Å². The van der Waals surface area contributed by atoms with Crippen LogP contribution in [-0.4, -0.2) is 35.5 Å². The number of aryl methyl sites for hydroxylation is 1. The second kappa shape index (κ2) is 8.14. The number of carbonyl (C=O) groups excluding carboxylic acids is 3. The van der Waals surface area contributed by atoms with E-state index in [1.807, 2.05) is 0 Å². The Morgan fingerprint density at radius 2 is 1.69 bits per heavy atom. The molecule has 150 valence electrons. The number of aromatic carboxylic acids is 1. The van der Waals surface area contributed by atoms with Crippen molar-refractivity contribution in [3.63, 3.8) is 0 Å². The number of anilines is 1. The SMILES string of the molecule is CC(=O)Oc1ccc(C(=O)N2CCCc3cc(C(=O)O)ccc32)c(OC(C)=O)c1. The molecule has 2 aromatic rings. The van der Waals surface area contributed by atoms with Gasteiger partial charge >= 0.3 is 17.9 Å². The lowest BCUT2D eigenvalue weighted by Gasteiger charge is -2.30. The van der Waals surface area contributed by atoms with Crippen molar-refractivity contribution >= 4 is 29.5 Å². The van der Waals surface area contributed by atoms with E-state index < -0.39 is 23.8 Å². The lowest BCUT2D eigenvalue weighted by Crippen LogP contribution is -2.36. The molecule has 29 heavy (non-hydrogen) atoms. The van der Waals surface area contributed by atoms with Crippen LogP contribution in [0.4, 0.5) is 5.69 Å². The first kappa shape index (κ1) is 20.1. The third kappa shape index (κ3) is 4.43. The van der Waals surface area contributed by atoms with Crippen LogP contribution in [0.15, 0.2) is 36.4 Å². The first-order valence-electron chi connectivity index (χ1n) is 8.95. The average molecular weight is 397 g/mol. The molecule has 0 unspecified atom stereocenters. The van der Waals surface area contributed by atoms with E-state index in [0.29, 0.717) is 25.1 Å². The maximum absolute atomic E-state index is 13.2. The highest BCUT2D eigenvalue weighted by Crippen LogP contribution is 2.33. The molecule has 0 saturated heterocycles. The van der Waals surface area contributed by atoms with Crippen molar-refractivity contribution in [2.75, 3.05) is 11.4 Å². The van der Waals surface area contributed by atoms with Gasteiger partial charge in [-0.3, -0.25) is 14.4 Å². The van der Waals surface area contributed by atoms with Gasteiger partial charge in [0.15, 0.2) is 0 Å². The second-order valence-corrected chi connectivity index (χ2v) is 6.55. The van der Waals surface area contributed by atoms with Gasteiger partial charge in [-0.25, -0.2) is 4.79 Å². The fourth-order valence-corrected chi connectivity index (χ4v) is 3.23. The summed E-state index contributed by atoms with van der Waals surface area (Å²) in [6.07, 6.45) is 1.32. The van der Waals surface area contributed by atoms with Gasteiger partial charge in [-0.1, -0.05) is 0 Å². The van der Waals surface area contributed by atoms with Gasteiger partial charge in [-0.15, -0.1) is 0 Å². The quantitative estimate of drug-likeness (QED) is 0.624. The van der Waals surface area contributed by atoms with Crippen LogP contribution in [0, 0.1) is 0 Å². The normalized spacial score (nSPS) is 12.7. The van der Waals surface area contributed by atoms with Gasteiger partial charge in [0.25, 0.3) is 5.91 Å². The van der Waals surface area contributed by atoms with Crippen molar-refractivity contribution in [1.29, 1.82) is 0 Å². The first-order valence-corrected chi connectivity index (χ1v) is 8.95. The Bertz CT molecular complexity index is 1010. The maximum Gasteiger partial charge on any atom is 0.335 e. The number of rotatable bonds is 4. The molecule has 0 spiro atoms. The van der Waals surface area contributed by atoms with Gasteiger partial charge in [0, 0.05) is 32.1 Å². The molecule has 0 radical (unpaired) electrons. The van der Waals surface area contributed by atoms with Gasteiger partial charge in [-0.2, -0.15) is 0 Å². The van der Waals surface area contributed by atoms with E-state index in [9.17, 15) is 24.3 Å². The third-order valence-corrected chi connectivity index (χ3v) is 4.39. The van der Waals surface area contributed by atoms with Crippen molar-refractivity contribution < 1.29 is 33.8 Å². The summed E-state index contributed by atoms with van der Waals surface area (Å²) in [6.45, 7) is 2.88. The standard InChI is InChI=1S/C21H19NO7/c1-12(23)28-16-6-7-17(19(11-16)29-13(2)24)20(25)22-9-3-4-14-10-15(21(26)27)5-8-18(14)22/h5-8,10-11H,3-4,9H2,1-2H3,(H,26,27). The molecule has 1 aliphatic rings. The fraction of sp³-hybridized carbons (Fsp3) is 0.238. The van der Waals surface area contributed by atoms with Crippen LogP contribution in [0.5, 0.6) is 11.5 Å². The van der Waals surface area contributed by atoms with Crippen molar-refractivity contribution in [1.82, 2.24) is 0 Å². The highest BCUT2D eigenvalue weighted by molar-refractivity contribution is 6.09. The van der Waals surface area contributed by atoms with E-state index in [4.69, 9.17) is 9.47 Å². The number of carbonyl (C=O) groups is 4. The zero-order valence-corrected chi connectivity index (χ0v) is 15.9. The molecule has 8 heteroatoms. The van der Waals surface area contributed by atoms with Crippen LogP contribution in [0.25, 0.3) is 0 Å². The number of hydrogen-bond acceptors (Lipinski definition) is 6. The average Bonchev–Trinajstić information content (AvgIpc) is 2.65. The van der Waals surface area contributed by atoms with Crippen molar-refractivity contribution in [2.45, 2.75) is 26.7 Å². The number of carboxylic acids is 1. The minimum atomic E-state index is -1.03. The molecule has 2 aromatic carbocycles. The number of hydrogen-bond donors (Lipinski definition) is 1. The van der Waals surface area contributed by atoms with Gasteiger partial charge in [0.05, 0.1) is 11.1 Å². The predicted octanol–water partition coefficient (Wildman–Crippen LogP) is 2.83. The summed E-state index contributed by atoms with van der Waals surface area (Å²) in [5, 5.41) is 9.18. The lowest BCUT2D eigenvalue weighted by atomic mass is 9.98. The van der Waals surface area contributed by atoms with Crippen LogP contribution in [0.1, 0.15) is 46.5 Å². The number of ether oxygens (including phenoxy) is 2. The highest BCUT2D eigenvalue weighted by Gasteiger charge is 2.27. The van der Waals surface area contributed by atoms with Crippen LogP contribution >= 0.6 is 0 Å². The minimum absolute atomic E-state index is 0.0180. The number of fused-ring (bicyclic) bond motifs is 1.